The van der Waals surface area contributed by atoms with Crippen molar-refractivity contribution in [2.24, 2.45) is 0 Å². The van der Waals surface area contributed by atoms with E-state index in [1.165, 1.54) is 15.9 Å². The van der Waals surface area contributed by atoms with Crippen LogP contribution in [-0.2, 0) is 27.3 Å². The van der Waals surface area contributed by atoms with Crippen molar-refractivity contribution in [3.63, 3.8) is 0 Å². The van der Waals surface area contributed by atoms with E-state index in [0.29, 0.717) is 31.6 Å². The Morgan fingerprint density at radius 1 is 1.22 bits per heavy atom. The summed E-state index contributed by atoms with van der Waals surface area (Å²) in [5.41, 5.74) is 0.531. The molecule has 150 valence electrons. The molecule has 2 aromatic rings. The predicted molar refractivity (Wildman–Crippen MR) is 105 cm³/mol. The Morgan fingerprint density at radius 2 is 1.93 bits per heavy atom. The summed E-state index contributed by atoms with van der Waals surface area (Å²) in [5.74, 6) is 0. The topological polar surface area (TPSA) is 83.7 Å². The Labute approximate surface area is 161 Å². The average molecular weight is 397 g/mol. The first kappa shape index (κ1) is 20.2. The number of nitrogens with one attached hydrogen (secondary N) is 1. The third-order valence-electron chi connectivity index (χ3n) is 4.90. The van der Waals surface area contributed by atoms with E-state index in [4.69, 9.17) is 14.2 Å². The van der Waals surface area contributed by atoms with E-state index in [-0.39, 0.29) is 23.6 Å². The molecule has 0 aliphatic heterocycles. The SMILES string of the molecule is COCCn1c(=O)n(C2CC2)c(=O)c2c(C)c(CNCC(OC)OC)sc21. The highest BCUT2D eigenvalue weighted by atomic mass is 32.1. The highest BCUT2D eigenvalue weighted by molar-refractivity contribution is 7.18. The molecular weight excluding hydrogens is 370 g/mol. The molecule has 0 aromatic carbocycles. The van der Waals surface area contributed by atoms with Crippen LogP contribution in [0.4, 0.5) is 0 Å². The first-order valence-electron chi connectivity index (χ1n) is 9.06. The molecule has 0 atom stereocenters. The zero-order valence-corrected chi connectivity index (χ0v) is 17.1. The molecule has 2 heterocycles. The highest BCUT2D eigenvalue weighted by Crippen LogP contribution is 2.34. The van der Waals surface area contributed by atoms with E-state index < -0.39 is 0 Å². The second-order valence-electron chi connectivity index (χ2n) is 6.70. The molecule has 1 N–H and O–H groups in total. The zero-order valence-electron chi connectivity index (χ0n) is 16.2. The number of hydrogen-bond donors (Lipinski definition) is 1. The Morgan fingerprint density at radius 3 is 2.52 bits per heavy atom. The van der Waals surface area contributed by atoms with Gasteiger partial charge < -0.3 is 19.5 Å². The number of hydrogen-bond acceptors (Lipinski definition) is 7. The quantitative estimate of drug-likeness (QED) is 0.607. The van der Waals surface area contributed by atoms with E-state index in [9.17, 15) is 9.59 Å². The van der Waals surface area contributed by atoms with Crippen LogP contribution in [0.15, 0.2) is 9.59 Å². The number of aromatic nitrogens is 2. The molecule has 1 saturated carbocycles. The summed E-state index contributed by atoms with van der Waals surface area (Å²) in [6.07, 6.45) is 1.45. The number of nitrogens with zero attached hydrogens (tertiary/aromatic N) is 2. The number of aryl methyl sites for hydroxylation is 1. The lowest BCUT2D eigenvalue weighted by atomic mass is 10.2. The van der Waals surface area contributed by atoms with Crippen LogP contribution in [0.25, 0.3) is 10.2 Å². The lowest BCUT2D eigenvalue weighted by molar-refractivity contribution is -0.0988. The largest absolute Gasteiger partial charge is 0.383 e. The van der Waals surface area contributed by atoms with Gasteiger partial charge in [-0.05, 0) is 25.3 Å². The van der Waals surface area contributed by atoms with Crippen molar-refractivity contribution in [3.05, 3.63) is 31.3 Å². The fourth-order valence-corrected chi connectivity index (χ4v) is 4.46. The molecule has 1 aliphatic rings. The first-order valence-corrected chi connectivity index (χ1v) is 9.87. The van der Waals surface area contributed by atoms with Crippen molar-refractivity contribution >= 4 is 21.6 Å². The van der Waals surface area contributed by atoms with E-state index in [1.807, 2.05) is 6.92 Å². The van der Waals surface area contributed by atoms with Gasteiger partial charge in [0.25, 0.3) is 5.56 Å². The Bertz CT molecular complexity index is 908. The standard InChI is InChI=1S/C18H27N3O5S/c1-11-13(9-19-10-14(25-3)26-4)27-17-15(11)16(22)21(12-5-6-12)18(23)20(17)7-8-24-2/h12,14,19H,5-10H2,1-4H3. The molecule has 0 radical (unpaired) electrons. The summed E-state index contributed by atoms with van der Waals surface area (Å²) < 4.78 is 18.6. The maximum atomic E-state index is 13.0. The van der Waals surface area contributed by atoms with Crippen LogP contribution in [0.2, 0.25) is 0 Å². The summed E-state index contributed by atoms with van der Waals surface area (Å²) in [7, 11) is 4.79. The van der Waals surface area contributed by atoms with Gasteiger partial charge in [-0.3, -0.25) is 13.9 Å². The summed E-state index contributed by atoms with van der Waals surface area (Å²) in [6.45, 7) is 3.91. The van der Waals surface area contributed by atoms with E-state index in [1.54, 1.807) is 25.9 Å². The molecule has 2 aromatic heterocycles. The fraction of sp³-hybridized carbons (Fsp3) is 0.667. The average Bonchev–Trinajstić information content (AvgIpc) is 3.43. The predicted octanol–water partition coefficient (Wildman–Crippen LogP) is 1.22. The van der Waals surface area contributed by atoms with Gasteiger partial charge >= 0.3 is 5.69 Å². The second-order valence-corrected chi connectivity index (χ2v) is 7.78. The van der Waals surface area contributed by atoms with Crippen LogP contribution in [0, 0.1) is 6.92 Å². The first-order chi connectivity index (χ1) is 13.0. The van der Waals surface area contributed by atoms with Crippen LogP contribution in [-0.4, -0.2) is 49.9 Å². The maximum Gasteiger partial charge on any atom is 0.332 e. The van der Waals surface area contributed by atoms with Gasteiger partial charge in [-0.25, -0.2) is 4.79 Å². The van der Waals surface area contributed by atoms with Crippen LogP contribution in [0.3, 0.4) is 0 Å². The van der Waals surface area contributed by atoms with E-state index >= 15 is 0 Å². The normalized spacial score (nSPS) is 14.6. The lowest BCUT2D eigenvalue weighted by Gasteiger charge is -2.13. The molecule has 27 heavy (non-hydrogen) atoms. The minimum absolute atomic E-state index is 0.0354. The molecule has 0 spiro atoms. The van der Waals surface area contributed by atoms with Gasteiger partial charge in [0.1, 0.15) is 4.83 Å². The van der Waals surface area contributed by atoms with Gasteiger partial charge in [0.15, 0.2) is 6.29 Å². The molecular formula is C18H27N3O5S. The number of fused-ring (bicyclic) bond motifs is 1. The summed E-state index contributed by atoms with van der Waals surface area (Å²) in [6, 6.07) is 0.0354. The number of thiophene rings is 1. The molecule has 0 bridgehead atoms. The molecule has 1 fully saturated rings. The summed E-state index contributed by atoms with van der Waals surface area (Å²) >= 11 is 1.49. The van der Waals surface area contributed by atoms with Crippen molar-refractivity contribution in [3.8, 4) is 0 Å². The van der Waals surface area contributed by atoms with Crippen LogP contribution >= 0.6 is 11.3 Å². The Balaban J connectivity index is 2.00. The van der Waals surface area contributed by atoms with Crippen molar-refractivity contribution < 1.29 is 14.2 Å². The van der Waals surface area contributed by atoms with Crippen molar-refractivity contribution in [1.29, 1.82) is 0 Å². The van der Waals surface area contributed by atoms with Crippen molar-refractivity contribution in [2.75, 3.05) is 34.5 Å². The third kappa shape index (κ3) is 4.02. The molecule has 9 heteroatoms. The van der Waals surface area contributed by atoms with Gasteiger partial charge in [-0.2, -0.15) is 0 Å². The molecule has 1 aliphatic carbocycles. The molecule has 0 amide bonds. The minimum atomic E-state index is -0.327. The zero-order chi connectivity index (χ0) is 19.6. The van der Waals surface area contributed by atoms with Gasteiger partial charge in [0.2, 0.25) is 0 Å². The second kappa shape index (κ2) is 8.66. The number of rotatable bonds is 10. The maximum absolute atomic E-state index is 13.0. The molecule has 8 nitrogen and oxygen atoms in total. The van der Waals surface area contributed by atoms with Crippen molar-refractivity contribution in [2.45, 2.75) is 45.2 Å². The van der Waals surface area contributed by atoms with E-state index in [2.05, 4.69) is 5.32 Å². The fourth-order valence-electron chi connectivity index (χ4n) is 3.18. The third-order valence-corrected chi connectivity index (χ3v) is 6.21. The Hall–Kier alpha value is -1.52. The van der Waals surface area contributed by atoms with Crippen molar-refractivity contribution in [1.82, 2.24) is 14.5 Å². The molecule has 0 saturated heterocycles. The van der Waals surface area contributed by atoms with Crippen LogP contribution in [0.1, 0.15) is 29.3 Å². The lowest BCUT2D eigenvalue weighted by Crippen LogP contribution is -2.39. The highest BCUT2D eigenvalue weighted by Gasteiger charge is 2.30. The van der Waals surface area contributed by atoms with Crippen LogP contribution < -0.4 is 16.6 Å². The monoisotopic (exact) mass is 397 g/mol. The van der Waals surface area contributed by atoms with Gasteiger partial charge in [-0.1, -0.05) is 0 Å². The molecule has 0 unspecified atom stereocenters. The number of ether oxygens (including phenoxy) is 3. The van der Waals surface area contributed by atoms with Gasteiger partial charge in [-0.15, -0.1) is 11.3 Å². The minimum Gasteiger partial charge on any atom is -0.383 e. The van der Waals surface area contributed by atoms with Gasteiger partial charge in [0, 0.05) is 45.3 Å². The smallest absolute Gasteiger partial charge is 0.332 e. The number of methoxy groups -OCH3 is 3. The summed E-state index contributed by atoms with van der Waals surface area (Å²) in [5, 5.41) is 3.94. The van der Waals surface area contributed by atoms with E-state index in [0.717, 1.165) is 28.1 Å². The van der Waals surface area contributed by atoms with Gasteiger partial charge in [0.05, 0.1) is 18.5 Å². The Kier molecular flexibility index (Phi) is 6.48. The summed E-state index contributed by atoms with van der Waals surface area (Å²) in [4.78, 5) is 27.7. The molecule has 3 rings (SSSR count). The van der Waals surface area contributed by atoms with Crippen LogP contribution in [0.5, 0.6) is 0 Å².